The van der Waals surface area contributed by atoms with E-state index in [9.17, 15) is 9.59 Å². The van der Waals surface area contributed by atoms with Gasteiger partial charge < -0.3 is 9.80 Å². The van der Waals surface area contributed by atoms with Crippen LogP contribution in [0, 0.1) is 5.41 Å². The quantitative estimate of drug-likeness (QED) is 0.793. The van der Waals surface area contributed by atoms with Crippen molar-refractivity contribution in [2.45, 2.75) is 38.5 Å². The molecule has 4 heteroatoms. The Morgan fingerprint density at radius 2 is 1.92 bits per heavy atom. The molecule has 0 radical (unpaired) electrons. The Bertz CT molecular complexity index is 645. The van der Waals surface area contributed by atoms with Gasteiger partial charge in [0, 0.05) is 33.1 Å². The second-order valence-electron chi connectivity index (χ2n) is 7.52. The van der Waals surface area contributed by atoms with Crippen molar-refractivity contribution < 1.29 is 9.59 Å². The van der Waals surface area contributed by atoms with Gasteiger partial charge in [-0.15, -0.1) is 0 Å². The first kappa shape index (κ1) is 17.7. The number of carbonyl (C=O) groups excluding carboxylic acids is 2. The number of likely N-dealkylation sites (N-methyl/N-ethyl adjacent to an activating group) is 1. The highest BCUT2D eigenvalue weighted by molar-refractivity contribution is 5.84. The number of piperidine rings is 2. The smallest absolute Gasteiger partial charge is 0.229 e. The summed E-state index contributed by atoms with van der Waals surface area (Å²) in [4.78, 5) is 28.8. The van der Waals surface area contributed by atoms with Crippen molar-refractivity contribution in [3.8, 4) is 0 Å². The third-order valence-electron chi connectivity index (χ3n) is 5.79. The van der Waals surface area contributed by atoms with E-state index in [-0.39, 0.29) is 23.1 Å². The zero-order valence-electron chi connectivity index (χ0n) is 15.3. The number of hydrogen-bond acceptors (Lipinski definition) is 2. The van der Waals surface area contributed by atoms with E-state index in [1.54, 1.807) is 0 Å². The van der Waals surface area contributed by atoms with Gasteiger partial charge in [-0.2, -0.15) is 0 Å². The van der Waals surface area contributed by atoms with E-state index >= 15 is 0 Å². The summed E-state index contributed by atoms with van der Waals surface area (Å²) in [5, 5.41) is 0. The minimum absolute atomic E-state index is 0.0507. The van der Waals surface area contributed by atoms with Crippen molar-refractivity contribution in [2.24, 2.45) is 5.41 Å². The normalized spacial score (nSPS) is 23.4. The van der Waals surface area contributed by atoms with Crippen molar-refractivity contribution in [1.82, 2.24) is 9.80 Å². The number of carbonyl (C=O) groups is 2. The third kappa shape index (κ3) is 3.78. The Hall–Kier alpha value is -2.10. The van der Waals surface area contributed by atoms with Crippen LogP contribution in [0.15, 0.2) is 42.5 Å². The fraction of sp³-hybridized carbons (Fsp3) is 0.524. The van der Waals surface area contributed by atoms with Crippen LogP contribution in [0.4, 0.5) is 0 Å². The zero-order valence-corrected chi connectivity index (χ0v) is 15.3. The van der Waals surface area contributed by atoms with Crippen molar-refractivity contribution in [2.75, 3.05) is 26.7 Å². The lowest BCUT2D eigenvalue weighted by Gasteiger charge is -2.49. The molecule has 2 fully saturated rings. The van der Waals surface area contributed by atoms with Gasteiger partial charge in [0.1, 0.15) is 0 Å². The maximum Gasteiger partial charge on any atom is 0.229 e. The van der Waals surface area contributed by atoms with Gasteiger partial charge in [-0.05, 0) is 37.2 Å². The Kier molecular flexibility index (Phi) is 5.26. The van der Waals surface area contributed by atoms with Crippen LogP contribution in [0.25, 0.3) is 0 Å². The van der Waals surface area contributed by atoms with Crippen LogP contribution in [0.3, 0.4) is 0 Å². The van der Waals surface area contributed by atoms with E-state index in [1.165, 1.54) is 0 Å². The molecule has 0 saturated carbocycles. The predicted octanol–water partition coefficient (Wildman–Crippen LogP) is 3.21. The lowest BCUT2D eigenvalue weighted by molar-refractivity contribution is -0.142. The summed E-state index contributed by atoms with van der Waals surface area (Å²) in [6, 6.07) is 10.1. The second kappa shape index (κ2) is 7.42. The van der Waals surface area contributed by atoms with Gasteiger partial charge in [0.25, 0.3) is 0 Å². The molecule has 4 nitrogen and oxygen atoms in total. The molecule has 1 atom stereocenters. The van der Waals surface area contributed by atoms with E-state index in [4.69, 9.17) is 0 Å². The van der Waals surface area contributed by atoms with Crippen LogP contribution >= 0.6 is 0 Å². The molecule has 1 aromatic carbocycles. The summed E-state index contributed by atoms with van der Waals surface area (Å²) < 4.78 is 0. The molecule has 2 saturated heterocycles. The molecule has 2 aliphatic rings. The summed E-state index contributed by atoms with van der Waals surface area (Å²) in [5.41, 5.74) is 1.26. The monoisotopic (exact) mass is 340 g/mol. The SMILES string of the molecule is C/C=C/CC(=O)N1CCC2(CC1)CC(c1ccccc1)C(=O)N(C)C2. The van der Waals surface area contributed by atoms with Crippen molar-refractivity contribution in [1.29, 1.82) is 0 Å². The third-order valence-corrected chi connectivity index (χ3v) is 5.79. The van der Waals surface area contributed by atoms with Crippen LogP contribution < -0.4 is 0 Å². The van der Waals surface area contributed by atoms with E-state index in [1.807, 2.05) is 54.1 Å². The van der Waals surface area contributed by atoms with Crippen LogP contribution in [0.2, 0.25) is 0 Å². The summed E-state index contributed by atoms with van der Waals surface area (Å²) in [6.07, 6.45) is 7.21. The summed E-state index contributed by atoms with van der Waals surface area (Å²) in [7, 11) is 1.92. The molecule has 25 heavy (non-hydrogen) atoms. The van der Waals surface area contributed by atoms with E-state index in [2.05, 4.69) is 12.1 Å². The van der Waals surface area contributed by atoms with Gasteiger partial charge in [-0.3, -0.25) is 9.59 Å². The molecule has 0 aliphatic carbocycles. The Labute approximate surface area is 150 Å². The minimum Gasteiger partial charge on any atom is -0.345 e. The maximum absolute atomic E-state index is 12.7. The lowest BCUT2D eigenvalue weighted by Crippen LogP contribution is -2.53. The molecule has 2 aliphatic heterocycles. The van der Waals surface area contributed by atoms with Gasteiger partial charge in [0.2, 0.25) is 11.8 Å². The van der Waals surface area contributed by atoms with Crippen molar-refractivity contribution in [3.63, 3.8) is 0 Å². The topological polar surface area (TPSA) is 40.6 Å². The highest BCUT2D eigenvalue weighted by atomic mass is 16.2. The number of hydrogen-bond donors (Lipinski definition) is 0. The molecule has 2 heterocycles. The molecular weight excluding hydrogens is 312 g/mol. The zero-order chi connectivity index (χ0) is 17.9. The molecule has 3 rings (SSSR count). The van der Waals surface area contributed by atoms with Gasteiger partial charge in [0.05, 0.1) is 5.92 Å². The molecule has 0 N–H and O–H groups in total. The van der Waals surface area contributed by atoms with E-state index in [0.717, 1.165) is 44.5 Å². The predicted molar refractivity (Wildman–Crippen MR) is 99.1 cm³/mol. The molecule has 1 spiro atoms. The van der Waals surface area contributed by atoms with E-state index < -0.39 is 0 Å². The first-order valence-corrected chi connectivity index (χ1v) is 9.23. The molecule has 134 valence electrons. The van der Waals surface area contributed by atoms with Crippen molar-refractivity contribution in [3.05, 3.63) is 48.0 Å². The standard InChI is InChI=1S/C21H28N2O2/c1-3-4-10-19(24)23-13-11-21(12-14-23)15-18(20(25)22(2)16-21)17-8-6-5-7-9-17/h3-9,18H,10-16H2,1-2H3/b4-3+. The molecular formula is C21H28N2O2. The summed E-state index contributed by atoms with van der Waals surface area (Å²) in [5.74, 6) is 0.390. The summed E-state index contributed by atoms with van der Waals surface area (Å²) in [6.45, 7) is 4.36. The maximum atomic E-state index is 12.7. The van der Waals surface area contributed by atoms with Gasteiger partial charge in [0.15, 0.2) is 0 Å². The first-order valence-electron chi connectivity index (χ1n) is 9.23. The van der Waals surface area contributed by atoms with Gasteiger partial charge in [-0.25, -0.2) is 0 Å². The average molecular weight is 340 g/mol. The van der Waals surface area contributed by atoms with Crippen LogP contribution in [-0.4, -0.2) is 48.3 Å². The average Bonchev–Trinajstić information content (AvgIpc) is 2.64. The van der Waals surface area contributed by atoms with Gasteiger partial charge >= 0.3 is 0 Å². The lowest BCUT2D eigenvalue weighted by atomic mass is 9.67. The minimum atomic E-state index is -0.0507. The highest BCUT2D eigenvalue weighted by Gasteiger charge is 2.45. The van der Waals surface area contributed by atoms with Crippen molar-refractivity contribution >= 4 is 11.8 Å². The second-order valence-corrected chi connectivity index (χ2v) is 7.52. The van der Waals surface area contributed by atoms with Gasteiger partial charge in [-0.1, -0.05) is 42.5 Å². The Balaban J connectivity index is 1.70. The largest absolute Gasteiger partial charge is 0.345 e. The van der Waals surface area contributed by atoms with Crippen LogP contribution in [0.1, 0.15) is 44.1 Å². The number of allylic oxidation sites excluding steroid dienone is 1. The highest BCUT2D eigenvalue weighted by Crippen LogP contribution is 2.45. The summed E-state index contributed by atoms with van der Waals surface area (Å²) >= 11 is 0. The Morgan fingerprint density at radius 3 is 2.56 bits per heavy atom. The van der Waals surface area contributed by atoms with Crippen LogP contribution in [-0.2, 0) is 9.59 Å². The number of likely N-dealkylation sites (tertiary alicyclic amines) is 2. The van der Waals surface area contributed by atoms with E-state index in [0.29, 0.717) is 6.42 Å². The Morgan fingerprint density at radius 1 is 1.24 bits per heavy atom. The number of nitrogens with zero attached hydrogens (tertiary/aromatic N) is 2. The van der Waals surface area contributed by atoms with Crippen LogP contribution in [0.5, 0.6) is 0 Å². The molecule has 1 aromatic rings. The number of rotatable bonds is 3. The molecule has 0 aromatic heterocycles. The fourth-order valence-electron chi connectivity index (χ4n) is 4.32. The number of benzene rings is 1. The molecule has 2 amide bonds. The number of amides is 2. The molecule has 0 bridgehead atoms. The fourth-order valence-corrected chi connectivity index (χ4v) is 4.32. The molecule has 1 unspecified atom stereocenters. The first-order chi connectivity index (χ1) is 12.0.